The topological polar surface area (TPSA) is 31.0 Å². The second-order valence-corrected chi connectivity index (χ2v) is 4.12. The van der Waals surface area contributed by atoms with Gasteiger partial charge < -0.3 is 14.2 Å². The van der Waals surface area contributed by atoms with Crippen LogP contribution in [0.5, 0.6) is 11.5 Å². The highest BCUT2D eigenvalue weighted by Gasteiger charge is 2.29. The van der Waals surface area contributed by atoms with E-state index < -0.39 is 0 Å². The fourth-order valence-corrected chi connectivity index (χ4v) is 2.10. The SMILES string of the molecule is COc1cc(C2CO2)c(OC)cc1SC. The lowest BCUT2D eigenvalue weighted by Gasteiger charge is -2.12. The summed E-state index contributed by atoms with van der Waals surface area (Å²) in [6.07, 6.45) is 2.20. The number of epoxide rings is 1. The largest absolute Gasteiger partial charge is 0.496 e. The average Bonchev–Trinajstić information content (AvgIpc) is 3.11. The predicted molar refractivity (Wildman–Crippen MR) is 60.0 cm³/mol. The third kappa shape index (κ3) is 2.06. The van der Waals surface area contributed by atoms with Gasteiger partial charge in [-0.3, -0.25) is 0 Å². The van der Waals surface area contributed by atoms with E-state index in [0.29, 0.717) is 0 Å². The van der Waals surface area contributed by atoms with E-state index in [9.17, 15) is 0 Å². The van der Waals surface area contributed by atoms with E-state index in [4.69, 9.17) is 14.2 Å². The number of benzene rings is 1. The van der Waals surface area contributed by atoms with Crippen molar-refractivity contribution in [2.24, 2.45) is 0 Å². The summed E-state index contributed by atoms with van der Waals surface area (Å²) in [5.74, 6) is 1.76. The molecule has 1 aliphatic rings. The normalized spacial score (nSPS) is 18.7. The maximum Gasteiger partial charge on any atom is 0.133 e. The number of hydrogen-bond acceptors (Lipinski definition) is 4. The number of methoxy groups -OCH3 is 2. The van der Waals surface area contributed by atoms with E-state index >= 15 is 0 Å². The molecule has 1 heterocycles. The Morgan fingerprint density at radius 2 is 1.93 bits per heavy atom. The second kappa shape index (κ2) is 4.33. The third-order valence-corrected chi connectivity index (χ3v) is 3.17. The molecule has 1 unspecified atom stereocenters. The highest BCUT2D eigenvalue weighted by Crippen LogP contribution is 2.42. The molecule has 0 saturated carbocycles. The summed E-state index contributed by atoms with van der Waals surface area (Å²) in [7, 11) is 3.36. The molecule has 4 heteroatoms. The lowest BCUT2D eigenvalue weighted by atomic mass is 10.1. The van der Waals surface area contributed by atoms with Crippen LogP contribution in [0.25, 0.3) is 0 Å². The molecule has 1 atom stereocenters. The molecule has 0 amide bonds. The zero-order valence-corrected chi connectivity index (χ0v) is 9.89. The van der Waals surface area contributed by atoms with Gasteiger partial charge in [0.25, 0.3) is 0 Å². The van der Waals surface area contributed by atoms with Gasteiger partial charge in [-0.25, -0.2) is 0 Å². The van der Waals surface area contributed by atoms with Gasteiger partial charge in [0.1, 0.15) is 17.6 Å². The van der Waals surface area contributed by atoms with Crippen LogP contribution in [0.2, 0.25) is 0 Å². The third-order valence-electron chi connectivity index (χ3n) is 2.42. The molecule has 1 fully saturated rings. The lowest BCUT2D eigenvalue weighted by molar-refractivity contribution is 0.373. The summed E-state index contributed by atoms with van der Waals surface area (Å²) >= 11 is 1.64. The molecule has 15 heavy (non-hydrogen) atoms. The van der Waals surface area contributed by atoms with Crippen LogP contribution in [0.1, 0.15) is 11.7 Å². The van der Waals surface area contributed by atoms with Crippen molar-refractivity contribution in [3.05, 3.63) is 17.7 Å². The Bertz CT molecular complexity index is 361. The highest BCUT2D eigenvalue weighted by molar-refractivity contribution is 7.98. The van der Waals surface area contributed by atoms with Gasteiger partial charge in [0.2, 0.25) is 0 Å². The Balaban J connectivity index is 2.44. The predicted octanol–water partition coefficient (Wildman–Crippen LogP) is 2.50. The van der Waals surface area contributed by atoms with Crippen molar-refractivity contribution in [3.8, 4) is 11.5 Å². The van der Waals surface area contributed by atoms with Gasteiger partial charge in [-0.1, -0.05) is 0 Å². The zero-order valence-electron chi connectivity index (χ0n) is 9.07. The van der Waals surface area contributed by atoms with Gasteiger partial charge in [0.05, 0.1) is 25.7 Å². The standard InChI is InChI=1S/C11H14O3S/c1-12-8-5-11(15-3)9(13-2)4-7(8)10-6-14-10/h4-5,10H,6H2,1-3H3. The van der Waals surface area contributed by atoms with Crippen molar-refractivity contribution >= 4 is 11.8 Å². The number of hydrogen-bond donors (Lipinski definition) is 0. The van der Waals surface area contributed by atoms with Crippen LogP contribution in [0, 0.1) is 0 Å². The van der Waals surface area contributed by atoms with Crippen molar-refractivity contribution in [2.45, 2.75) is 11.0 Å². The van der Waals surface area contributed by atoms with Crippen molar-refractivity contribution in [3.63, 3.8) is 0 Å². The minimum absolute atomic E-state index is 0.185. The minimum Gasteiger partial charge on any atom is -0.496 e. The molecule has 0 radical (unpaired) electrons. The Labute approximate surface area is 93.7 Å². The van der Waals surface area contributed by atoms with Gasteiger partial charge in [-0.2, -0.15) is 0 Å². The van der Waals surface area contributed by atoms with Gasteiger partial charge in [0.15, 0.2) is 0 Å². The van der Waals surface area contributed by atoms with Gasteiger partial charge in [-0.15, -0.1) is 11.8 Å². The van der Waals surface area contributed by atoms with Crippen LogP contribution in [0.3, 0.4) is 0 Å². The molecule has 0 N–H and O–H groups in total. The molecule has 3 nitrogen and oxygen atoms in total. The van der Waals surface area contributed by atoms with E-state index in [-0.39, 0.29) is 6.10 Å². The minimum atomic E-state index is 0.185. The highest BCUT2D eigenvalue weighted by atomic mass is 32.2. The van der Waals surface area contributed by atoms with Crippen LogP contribution < -0.4 is 9.47 Å². The van der Waals surface area contributed by atoms with E-state index in [1.807, 2.05) is 18.4 Å². The average molecular weight is 226 g/mol. The number of ether oxygens (including phenoxy) is 3. The molecule has 1 aromatic rings. The van der Waals surface area contributed by atoms with Gasteiger partial charge in [-0.05, 0) is 18.4 Å². The smallest absolute Gasteiger partial charge is 0.133 e. The summed E-state index contributed by atoms with van der Waals surface area (Å²) in [6.45, 7) is 0.776. The van der Waals surface area contributed by atoms with Crippen LogP contribution >= 0.6 is 11.8 Å². The first-order valence-corrected chi connectivity index (χ1v) is 5.94. The van der Waals surface area contributed by atoms with E-state index in [2.05, 4.69) is 0 Å². The lowest BCUT2D eigenvalue weighted by Crippen LogP contribution is -1.94. The Hall–Kier alpha value is -0.870. The van der Waals surface area contributed by atoms with Gasteiger partial charge >= 0.3 is 0 Å². The molecule has 1 saturated heterocycles. The number of rotatable bonds is 4. The second-order valence-electron chi connectivity index (χ2n) is 3.27. The maximum absolute atomic E-state index is 5.34. The first kappa shape index (κ1) is 10.6. The first-order valence-electron chi connectivity index (χ1n) is 4.71. The molecule has 0 bridgehead atoms. The summed E-state index contributed by atoms with van der Waals surface area (Å²) in [6, 6.07) is 4.00. The van der Waals surface area contributed by atoms with Crippen LogP contribution in [0.4, 0.5) is 0 Å². The van der Waals surface area contributed by atoms with E-state index in [1.165, 1.54) is 0 Å². The molecule has 1 aromatic carbocycles. The molecule has 2 rings (SSSR count). The Morgan fingerprint density at radius 3 is 2.40 bits per heavy atom. The van der Waals surface area contributed by atoms with Crippen molar-refractivity contribution in [2.75, 3.05) is 27.1 Å². The molecule has 82 valence electrons. The molecule has 0 spiro atoms. The number of thioether (sulfide) groups is 1. The Morgan fingerprint density at radius 1 is 1.27 bits per heavy atom. The Kier molecular flexibility index (Phi) is 3.07. The monoisotopic (exact) mass is 226 g/mol. The zero-order chi connectivity index (χ0) is 10.8. The van der Waals surface area contributed by atoms with E-state index in [0.717, 1.165) is 28.6 Å². The van der Waals surface area contributed by atoms with Crippen molar-refractivity contribution in [1.82, 2.24) is 0 Å². The fraction of sp³-hybridized carbons (Fsp3) is 0.455. The molecular formula is C11H14O3S. The summed E-state index contributed by atoms with van der Waals surface area (Å²) < 4.78 is 15.9. The molecule has 1 aliphatic heterocycles. The molecular weight excluding hydrogens is 212 g/mol. The maximum atomic E-state index is 5.34. The van der Waals surface area contributed by atoms with Crippen molar-refractivity contribution in [1.29, 1.82) is 0 Å². The quantitative estimate of drug-likeness (QED) is 0.583. The first-order chi connectivity index (χ1) is 7.30. The fourth-order valence-electron chi connectivity index (χ4n) is 1.53. The van der Waals surface area contributed by atoms with E-state index in [1.54, 1.807) is 26.0 Å². The summed E-state index contributed by atoms with van der Waals surface area (Å²) in [4.78, 5) is 1.08. The molecule has 0 aliphatic carbocycles. The van der Waals surface area contributed by atoms with Crippen molar-refractivity contribution < 1.29 is 14.2 Å². The van der Waals surface area contributed by atoms with Gasteiger partial charge in [0, 0.05) is 5.56 Å². The summed E-state index contributed by atoms with van der Waals surface area (Å²) in [5, 5.41) is 0. The van der Waals surface area contributed by atoms with Crippen LogP contribution in [-0.2, 0) is 4.74 Å². The van der Waals surface area contributed by atoms with Crippen LogP contribution in [0.15, 0.2) is 17.0 Å². The summed E-state index contributed by atoms with van der Waals surface area (Å²) in [5.41, 5.74) is 1.08. The van der Waals surface area contributed by atoms with Crippen LogP contribution in [-0.4, -0.2) is 27.1 Å². The molecule has 0 aromatic heterocycles.